The second-order valence-corrected chi connectivity index (χ2v) is 7.93. The van der Waals surface area contributed by atoms with Crippen molar-refractivity contribution < 1.29 is 4.79 Å². The van der Waals surface area contributed by atoms with Crippen LogP contribution in [-0.2, 0) is 6.54 Å². The van der Waals surface area contributed by atoms with Crippen LogP contribution in [0.25, 0.3) is 0 Å². The molecule has 3 aliphatic rings. The van der Waals surface area contributed by atoms with E-state index in [0.717, 1.165) is 30.3 Å². The first-order valence-corrected chi connectivity index (χ1v) is 9.78. The topological polar surface area (TPSA) is 55.2 Å². The molecule has 6 heteroatoms. The van der Waals surface area contributed by atoms with Crippen LogP contribution in [0.2, 0.25) is 0 Å². The van der Waals surface area contributed by atoms with Gasteiger partial charge in [0, 0.05) is 31.1 Å². The van der Waals surface area contributed by atoms with Gasteiger partial charge < -0.3 is 4.90 Å². The molecule has 23 heavy (non-hydrogen) atoms. The number of rotatable bonds is 2. The maximum Gasteiger partial charge on any atom is 0.267 e. The molecule has 1 aromatic rings. The zero-order chi connectivity index (χ0) is 15.8. The van der Waals surface area contributed by atoms with Gasteiger partial charge in [-0.3, -0.25) is 14.2 Å². The lowest BCUT2D eigenvalue weighted by atomic mass is 9.83. The van der Waals surface area contributed by atoms with E-state index in [1.54, 1.807) is 16.3 Å². The monoisotopic (exact) mass is 333 g/mol. The van der Waals surface area contributed by atoms with Gasteiger partial charge in [0.2, 0.25) is 0 Å². The molecule has 1 saturated heterocycles. The quantitative estimate of drug-likeness (QED) is 0.781. The Kier molecular flexibility index (Phi) is 4.18. The highest BCUT2D eigenvalue weighted by molar-refractivity contribution is 7.99. The molecule has 0 N–H and O–H groups in total. The Labute approximate surface area is 140 Å². The van der Waals surface area contributed by atoms with Crippen LogP contribution >= 0.6 is 11.8 Å². The molecule has 0 radical (unpaired) electrons. The van der Waals surface area contributed by atoms with E-state index in [4.69, 9.17) is 0 Å². The summed E-state index contributed by atoms with van der Waals surface area (Å²) in [5.74, 6) is 1.40. The predicted octanol–water partition coefficient (Wildman–Crippen LogP) is 2.53. The first-order valence-electron chi connectivity index (χ1n) is 8.79. The molecular formula is C17H23N3O2S. The number of carbonyl (C=O) groups excluding carboxylic acids is 1. The molecule has 0 unspecified atom stereocenters. The summed E-state index contributed by atoms with van der Waals surface area (Å²) in [7, 11) is 0. The highest BCUT2D eigenvalue weighted by Crippen LogP contribution is 2.34. The number of aromatic nitrogens is 2. The Bertz CT molecular complexity index is 666. The lowest BCUT2D eigenvalue weighted by Gasteiger charge is -2.34. The number of fused-ring (bicyclic) bond motifs is 1. The molecule has 1 saturated carbocycles. The largest absolute Gasteiger partial charge is 0.335 e. The van der Waals surface area contributed by atoms with Crippen LogP contribution in [0.3, 0.4) is 0 Å². The first-order chi connectivity index (χ1) is 11.3. The predicted molar refractivity (Wildman–Crippen MR) is 89.9 cm³/mol. The summed E-state index contributed by atoms with van der Waals surface area (Å²) in [5, 5.41) is 0.747. The molecule has 0 bridgehead atoms. The Hall–Kier alpha value is -1.30. The molecule has 124 valence electrons. The summed E-state index contributed by atoms with van der Waals surface area (Å²) in [6.07, 6.45) is 10.00. The maximum absolute atomic E-state index is 13.0. The van der Waals surface area contributed by atoms with Crippen molar-refractivity contribution >= 4 is 17.7 Å². The number of carbonyl (C=O) groups is 1. The zero-order valence-corrected chi connectivity index (χ0v) is 14.2. The molecule has 1 atom stereocenters. The van der Waals surface area contributed by atoms with E-state index in [1.165, 1.54) is 38.3 Å². The molecule has 2 fully saturated rings. The fourth-order valence-corrected chi connectivity index (χ4v) is 5.29. The Morgan fingerprint density at radius 3 is 2.78 bits per heavy atom. The lowest BCUT2D eigenvalue weighted by Crippen LogP contribution is -2.43. The van der Waals surface area contributed by atoms with Gasteiger partial charge in [0.1, 0.15) is 5.56 Å². The summed E-state index contributed by atoms with van der Waals surface area (Å²) in [6, 6.07) is 0.329. The van der Waals surface area contributed by atoms with E-state index >= 15 is 0 Å². The van der Waals surface area contributed by atoms with Crippen LogP contribution in [0.5, 0.6) is 0 Å². The molecule has 1 aromatic heterocycles. The number of hydrogen-bond donors (Lipinski definition) is 0. The standard InChI is InChI=1S/C17H23N3O2S/c21-15(13-11-18-17-20(16(13)22)9-10-23-17)19-8-4-7-14(19)12-5-2-1-3-6-12/h11-12,14H,1-10H2/t14-/m0/s1. The third-order valence-corrected chi connectivity index (χ3v) is 6.51. The van der Waals surface area contributed by atoms with Crippen molar-refractivity contribution in [1.82, 2.24) is 14.5 Å². The van der Waals surface area contributed by atoms with E-state index in [-0.39, 0.29) is 17.0 Å². The fraction of sp³-hybridized carbons (Fsp3) is 0.706. The van der Waals surface area contributed by atoms with E-state index < -0.39 is 0 Å². The summed E-state index contributed by atoms with van der Waals surface area (Å²) in [6.45, 7) is 1.45. The molecular weight excluding hydrogens is 310 g/mol. The normalized spacial score (nSPS) is 24.9. The minimum Gasteiger partial charge on any atom is -0.335 e. The van der Waals surface area contributed by atoms with Crippen LogP contribution in [0, 0.1) is 5.92 Å². The number of hydrogen-bond acceptors (Lipinski definition) is 4. The minimum absolute atomic E-state index is 0.0947. The highest BCUT2D eigenvalue weighted by Gasteiger charge is 2.36. The van der Waals surface area contributed by atoms with Crippen molar-refractivity contribution in [3.8, 4) is 0 Å². The van der Waals surface area contributed by atoms with Crippen molar-refractivity contribution in [3.05, 3.63) is 22.1 Å². The van der Waals surface area contributed by atoms with Crippen molar-refractivity contribution in [1.29, 1.82) is 0 Å². The molecule has 5 nitrogen and oxygen atoms in total. The van der Waals surface area contributed by atoms with Gasteiger partial charge in [0.05, 0.1) is 0 Å². The van der Waals surface area contributed by atoms with E-state index in [1.807, 2.05) is 4.90 Å². The highest BCUT2D eigenvalue weighted by atomic mass is 32.2. The number of amides is 1. The van der Waals surface area contributed by atoms with Gasteiger partial charge in [-0.2, -0.15) is 0 Å². The third-order valence-electron chi connectivity index (χ3n) is 5.54. The van der Waals surface area contributed by atoms with Crippen molar-refractivity contribution in [2.75, 3.05) is 12.3 Å². The van der Waals surface area contributed by atoms with E-state index in [9.17, 15) is 9.59 Å². The van der Waals surface area contributed by atoms with Crippen LogP contribution in [0.1, 0.15) is 55.3 Å². The molecule has 0 aromatic carbocycles. The van der Waals surface area contributed by atoms with Gasteiger partial charge in [-0.1, -0.05) is 31.0 Å². The van der Waals surface area contributed by atoms with Crippen LogP contribution < -0.4 is 5.56 Å². The summed E-state index contributed by atoms with van der Waals surface area (Å²) in [5.41, 5.74) is 0.109. The van der Waals surface area contributed by atoms with Gasteiger partial charge >= 0.3 is 0 Å². The van der Waals surface area contributed by atoms with Crippen molar-refractivity contribution in [2.45, 2.75) is 62.7 Å². The molecule has 1 aliphatic carbocycles. The maximum atomic E-state index is 13.0. The first kappa shape index (κ1) is 15.2. The second-order valence-electron chi connectivity index (χ2n) is 6.87. The van der Waals surface area contributed by atoms with Crippen molar-refractivity contribution in [3.63, 3.8) is 0 Å². The van der Waals surface area contributed by atoms with E-state index in [0.29, 0.717) is 18.5 Å². The molecule has 2 aliphatic heterocycles. The smallest absolute Gasteiger partial charge is 0.267 e. The molecule has 1 amide bonds. The second kappa shape index (κ2) is 6.30. The van der Waals surface area contributed by atoms with Crippen molar-refractivity contribution in [2.24, 2.45) is 5.92 Å². The van der Waals surface area contributed by atoms with Gasteiger partial charge in [-0.25, -0.2) is 4.98 Å². The minimum atomic E-state index is -0.153. The summed E-state index contributed by atoms with van der Waals surface area (Å²) >= 11 is 1.58. The van der Waals surface area contributed by atoms with Gasteiger partial charge in [0.15, 0.2) is 5.16 Å². The Balaban J connectivity index is 1.60. The molecule has 3 heterocycles. The number of likely N-dealkylation sites (tertiary alicyclic amines) is 1. The fourth-order valence-electron chi connectivity index (χ4n) is 4.37. The molecule has 4 rings (SSSR count). The average molecular weight is 333 g/mol. The number of nitrogens with zero attached hydrogens (tertiary/aromatic N) is 3. The SMILES string of the molecule is O=C(c1cnc2n(c1=O)CCS2)N1CCC[C@H]1C1CCCCC1. The molecule has 0 spiro atoms. The number of thioether (sulfide) groups is 1. The average Bonchev–Trinajstić information content (AvgIpc) is 3.25. The summed E-state index contributed by atoms with van der Waals surface area (Å²) < 4.78 is 1.66. The lowest BCUT2D eigenvalue weighted by molar-refractivity contribution is 0.0658. The summed E-state index contributed by atoms with van der Waals surface area (Å²) in [4.78, 5) is 31.9. The zero-order valence-electron chi connectivity index (χ0n) is 13.4. The van der Waals surface area contributed by atoms with Gasteiger partial charge in [0.25, 0.3) is 11.5 Å². The van der Waals surface area contributed by atoms with Crippen LogP contribution in [-0.4, -0.2) is 38.7 Å². The third kappa shape index (κ3) is 2.71. The Morgan fingerprint density at radius 1 is 1.13 bits per heavy atom. The van der Waals surface area contributed by atoms with Crippen LogP contribution in [0.15, 0.2) is 16.1 Å². The van der Waals surface area contributed by atoms with E-state index in [2.05, 4.69) is 4.98 Å². The van der Waals surface area contributed by atoms with Gasteiger partial charge in [-0.15, -0.1) is 0 Å². The van der Waals surface area contributed by atoms with Gasteiger partial charge in [-0.05, 0) is 31.6 Å². The Morgan fingerprint density at radius 2 is 1.96 bits per heavy atom. The van der Waals surface area contributed by atoms with Crippen LogP contribution in [0.4, 0.5) is 0 Å².